The van der Waals surface area contributed by atoms with Gasteiger partial charge in [-0.05, 0) is 23.7 Å². The van der Waals surface area contributed by atoms with Crippen LogP contribution in [0.25, 0.3) is 0 Å². The topological polar surface area (TPSA) is 46.4 Å². The van der Waals surface area contributed by atoms with Crippen molar-refractivity contribution in [3.63, 3.8) is 0 Å². The molecule has 0 atom stereocenters. The molecule has 0 aliphatic carbocycles. The van der Waals surface area contributed by atoms with Crippen LogP contribution in [0, 0.1) is 4.91 Å². The molecule has 68 valence electrons. The summed E-state index contributed by atoms with van der Waals surface area (Å²) in [7, 11) is 1.26. The Labute approximate surface area is 79.6 Å². The van der Waals surface area contributed by atoms with Gasteiger partial charge in [-0.1, -0.05) is 0 Å². The lowest BCUT2D eigenvalue weighted by Crippen LogP contribution is -1.98. The molecule has 0 bridgehead atoms. The minimum atomic E-state index is -0.554. The van der Waals surface area contributed by atoms with Gasteiger partial charge in [0.25, 0.3) is 10.2 Å². The highest BCUT2D eigenvalue weighted by Gasteiger charge is 2.13. The summed E-state index contributed by atoms with van der Waals surface area (Å²) in [5.41, 5.74) is 0.652. The van der Waals surface area contributed by atoms with Crippen LogP contribution in [0.3, 0.4) is 0 Å². The van der Waals surface area contributed by atoms with Crippen LogP contribution >= 0.6 is 11.6 Å². The molecule has 1 rings (SSSR count). The molecule has 0 aliphatic heterocycles. The first-order chi connectivity index (χ1) is 6.15. The first-order valence-corrected chi connectivity index (χ1v) is 3.84. The van der Waals surface area contributed by atoms with Crippen LogP contribution in [0.5, 0.6) is 0 Å². The Morgan fingerprint density at radius 1 is 1.38 bits per heavy atom. The Morgan fingerprint density at radius 2 is 1.92 bits per heavy atom. The van der Waals surface area contributed by atoms with E-state index in [0.717, 1.165) is 0 Å². The Balaban J connectivity index is 2.93. The molecular formula is C8H7ClNO3+. The average molecular weight is 201 g/mol. The van der Waals surface area contributed by atoms with Gasteiger partial charge in [0.05, 0.1) is 4.91 Å². The van der Waals surface area contributed by atoms with E-state index in [1.165, 1.54) is 31.4 Å². The number of nitrogens with zero attached hydrogens (tertiary/aromatic N) is 1. The summed E-state index contributed by atoms with van der Waals surface area (Å²) >= 11 is 5.21. The van der Waals surface area contributed by atoms with E-state index >= 15 is 0 Å². The molecule has 0 heterocycles. The van der Waals surface area contributed by atoms with Gasteiger partial charge < -0.3 is 0 Å². The second-order valence-electron chi connectivity index (χ2n) is 2.26. The Kier molecular flexibility index (Phi) is 2.97. The molecule has 0 radical (unpaired) electrons. The van der Waals surface area contributed by atoms with Gasteiger partial charge >= 0.3 is 5.69 Å². The maximum absolute atomic E-state index is 10.9. The Morgan fingerprint density at radius 3 is 2.31 bits per heavy atom. The largest absolute Gasteiger partial charge is 0.316 e. The van der Waals surface area contributed by atoms with E-state index in [4.69, 9.17) is 11.6 Å². The average Bonchev–Trinajstić information content (AvgIpc) is 2.17. The SMILES string of the molecule is CO[N+](=O)c1ccc(C(=O)Cl)cc1. The molecule has 0 saturated carbocycles. The lowest BCUT2D eigenvalue weighted by molar-refractivity contribution is -0.736. The third-order valence-corrected chi connectivity index (χ3v) is 1.69. The maximum Gasteiger partial charge on any atom is 0.316 e. The van der Waals surface area contributed by atoms with Crippen LogP contribution in [0.1, 0.15) is 10.4 Å². The molecule has 0 spiro atoms. The van der Waals surface area contributed by atoms with Gasteiger partial charge in [0.1, 0.15) is 0 Å². The van der Waals surface area contributed by atoms with Gasteiger partial charge in [0.15, 0.2) is 7.11 Å². The standard InChI is InChI=1S/C8H7ClNO3/c1-13-10(12)7-4-2-6(3-5-7)8(9)11/h2-5H,1H3/q+1. The second kappa shape index (κ2) is 4.00. The van der Waals surface area contributed by atoms with Crippen molar-refractivity contribution in [1.82, 2.24) is 0 Å². The molecule has 0 fully saturated rings. The van der Waals surface area contributed by atoms with E-state index in [0.29, 0.717) is 16.2 Å². The van der Waals surface area contributed by atoms with Gasteiger partial charge in [0.2, 0.25) is 0 Å². The minimum absolute atomic E-state index is 0.309. The van der Waals surface area contributed by atoms with Gasteiger partial charge in [0, 0.05) is 17.7 Å². The highest BCUT2D eigenvalue weighted by atomic mass is 35.5. The lowest BCUT2D eigenvalue weighted by atomic mass is 10.2. The molecule has 4 nitrogen and oxygen atoms in total. The van der Waals surface area contributed by atoms with Crippen molar-refractivity contribution in [2.75, 3.05) is 7.11 Å². The minimum Gasteiger partial charge on any atom is -0.276 e. The third-order valence-electron chi connectivity index (χ3n) is 1.47. The first-order valence-electron chi connectivity index (χ1n) is 3.46. The predicted octanol–water partition coefficient (Wildman–Crippen LogP) is 2.04. The van der Waals surface area contributed by atoms with Crippen molar-refractivity contribution in [2.24, 2.45) is 0 Å². The van der Waals surface area contributed by atoms with E-state index in [9.17, 15) is 9.70 Å². The number of hydrogen-bond acceptors (Lipinski definition) is 3. The fraction of sp³-hybridized carbons (Fsp3) is 0.125. The summed E-state index contributed by atoms with van der Waals surface area (Å²) in [5.74, 6) is 0. The zero-order chi connectivity index (χ0) is 9.84. The van der Waals surface area contributed by atoms with Crippen LogP contribution in [-0.4, -0.2) is 17.3 Å². The number of halogens is 1. The van der Waals surface area contributed by atoms with Gasteiger partial charge in [-0.2, -0.15) is 0 Å². The molecule has 0 aliphatic rings. The normalized spacial score (nSPS) is 9.38. The summed E-state index contributed by atoms with van der Waals surface area (Å²) in [5, 5.41) is -0.554. The summed E-state index contributed by atoms with van der Waals surface area (Å²) < 4.78 is 0. The van der Waals surface area contributed by atoms with Crippen LogP contribution in [0.2, 0.25) is 0 Å². The van der Waals surface area contributed by atoms with E-state index < -0.39 is 5.24 Å². The van der Waals surface area contributed by atoms with Crippen LogP contribution < -0.4 is 0 Å². The van der Waals surface area contributed by atoms with E-state index in [2.05, 4.69) is 4.84 Å². The number of benzene rings is 1. The van der Waals surface area contributed by atoms with Gasteiger partial charge in [-0.3, -0.25) is 4.79 Å². The lowest BCUT2D eigenvalue weighted by Gasteiger charge is -1.91. The number of carbonyl (C=O) groups is 1. The Bertz CT molecular complexity index is 334. The second-order valence-corrected chi connectivity index (χ2v) is 2.60. The summed E-state index contributed by atoms with van der Waals surface area (Å²) in [6, 6.07) is 5.81. The molecular weight excluding hydrogens is 194 g/mol. The highest BCUT2D eigenvalue weighted by molar-refractivity contribution is 6.67. The van der Waals surface area contributed by atoms with Crippen LogP contribution in [-0.2, 0) is 4.84 Å². The van der Waals surface area contributed by atoms with Crippen LogP contribution in [0.15, 0.2) is 24.3 Å². The van der Waals surface area contributed by atoms with Crippen molar-refractivity contribution in [1.29, 1.82) is 0 Å². The zero-order valence-corrected chi connectivity index (χ0v) is 7.62. The highest BCUT2D eigenvalue weighted by Crippen LogP contribution is 2.13. The Hall–Kier alpha value is -1.42. The first kappa shape index (κ1) is 9.67. The molecule has 0 saturated heterocycles. The summed E-state index contributed by atoms with van der Waals surface area (Å²) in [6.45, 7) is 0. The van der Waals surface area contributed by atoms with E-state index in [1.807, 2.05) is 0 Å². The molecule has 1 aromatic rings. The quantitative estimate of drug-likeness (QED) is 0.554. The van der Waals surface area contributed by atoms with Gasteiger partial charge in [-0.25, -0.2) is 4.84 Å². The summed E-state index contributed by atoms with van der Waals surface area (Å²) in [4.78, 5) is 26.2. The molecule has 0 amide bonds. The number of carbonyl (C=O) groups excluding carboxylic acids is 1. The maximum atomic E-state index is 10.9. The fourth-order valence-corrected chi connectivity index (χ4v) is 0.946. The molecule has 5 heteroatoms. The van der Waals surface area contributed by atoms with Crippen LogP contribution in [0.4, 0.5) is 5.69 Å². The molecule has 0 N–H and O–H groups in total. The molecule has 1 aromatic carbocycles. The number of hydrogen-bond donors (Lipinski definition) is 0. The van der Waals surface area contributed by atoms with Gasteiger partial charge in [-0.15, -0.1) is 0 Å². The third kappa shape index (κ3) is 2.26. The van der Waals surface area contributed by atoms with E-state index in [1.54, 1.807) is 0 Å². The monoisotopic (exact) mass is 200 g/mol. The fourth-order valence-electron chi connectivity index (χ4n) is 0.820. The smallest absolute Gasteiger partial charge is 0.276 e. The zero-order valence-electron chi connectivity index (χ0n) is 6.86. The van der Waals surface area contributed by atoms with Crippen molar-refractivity contribution >= 4 is 22.5 Å². The van der Waals surface area contributed by atoms with Crippen molar-refractivity contribution in [3.8, 4) is 0 Å². The summed E-state index contributed by atoms with van der Waals surface area (Å²) in [6.07, 6.45) is 0. The van der Waals surface area contributed by atoms with Crippen molar-refractivity contribution in [2.45, 2.75) is 0 Å². The molecule has 0 aromatic heterocycles. The molecule has 0 unspecified atom stereocenters. The van der Waals surface area contributed by atoms with Crippen molar-refractivity contribution < 1.29 is 14.6 Å². The van der Waals surface area contributed by atoms with Crippen molar-refractivity contribution in [3.05, 3.63) is 34.7 Å². The predicted molar refractivity (Wildman–Crippen MR) is 46.9 cm³/mol. The number of rotatable bonds is 3. The molecule has 13 heavy (non-hydrogen) atoms. The van der Waals surface area contributed by atoms with E-state index in [-0.39, 0.29) is 0 Å².